The molecule has 2 fully saturated rings. The van der Waals surface area contributed by atoms with E-state index in [4.69, 9.17) is 15.4 Å². The molecule has 2 saturated heterocycles. The molecule has 2 aliphatic rings. The largest absolute Gasteiger partial charge is 0.376 e. The molecule has 5 nitrogen and oxygen atoms in total. The van der Waals surface area contributed by atoms with Crippen LogP contribution in [0.4, 0.5) is 0 Å². The van der Waals surface area contributed by atoms with Crippen LogP contribution in [0.2, 0.25) is 0 Å². The zero-order chi connectivity index (χ0) is 12.5. The molecule has 1 amide bonds. The van der Waals surface area contributed by atoms with Crippen LogP contribution < -0.4 is 0 Å². The van der Waals surface area contributed by atoms with E-state index in [1.165, 1.54) is 0 Å². The van der Waals surface area contributed by atoms with E-state index in [2.05, 4.69) is 0 Å². The summed E-state index contributed by atoms with van der Waals surface area (Å²) in [6, 6.07) is 0. The van der Waals surface area contributed by atoms with E-state index in [1.807, 2.05) is 0 Å². The summed E-state index contributed by atoms with van der Waals surface area (Å²) in [5.41, 5.74) is 0. The first kappa shape index (κ1) is 13.1. The topological polar surface area (TPSA) is 63.7 Å². The number of likely N-dealkylation sites (tertiary alicyclic amines) is 1. The van der Waals surface area contributed by atoms with Crippen LogP contribution in [0.25, 0.3) is 0 Å². The Labute approximate surface area is 105 Å². The first-order valence-electron chi connectivity index (χ1n) is 5.76. The SMILES string of the molecule is O=C1CC(CS(=O)(=O)Cl)CN1CC1CCCO1. The van der Waals surface area contributed by atoms with E-state index in [1.54, 1.807) is 4.90 Å². The van der Waals surface area contributed by atoms with Gasteiger partial charge in [-0.15, -0.1) is 0 Å². The van der Waals surface area contributed by atoms with Crippen molar-refractivity contribution in [2.75, 3.05) is 25.4 Å². The van der Waals surface area contributed by atoms with E-state index in [-0.39, 0.29) is 30.1 Å². The van der Waals surface area contributed by atoms with Gasteiger partial charge in [0.2, 0.25) is 15.0 Å². The van der Waals surface area contributed by atoms with Crippen LogP contribution >= 0.6 is 10.7 Å². The zero-order valence-corrected chi connectivity index (χ0v) is 11.0. The normalized spacial score (nSPS) is 30.2. The fourth-order valence-electron chi connectivity index (χ4n) is 2.46. The Kier molecular flexibility index (Phi) is 3.95. The summed E-state index contributed by atoms with van der Waals surface area (Å²) in [4.78, 5) is 13.4. The van der Waals surface area contributed by atoms with Crippen molar-refractivity contribution in [3.63, 3.8) is 0 Å². The maximum absolute atomic E-state index is 11.7. The molecule has 2 heterocycles. The quantitative estimate of drug-likeness (QED) is 0.707. The third-order valence-corrected chi connectivity index (χ3v) is 4.42. The maximum atomic E-state index is 11.7. The number of halogens is 1. The van der Waals surface area contributed by atoms with Gasteiger partial charge < -0.3 is 9.64 Å². The van der Waals surface area contributed by atoms with Crippen LogP contribution in [0.1, 0.15) is 19.3 Å². The average molecular weight is 282 g/mol. The molecular weight excluding hydrogens is 266 g/mol. The summed E-state index contributed by atoms with van der Waals surface area (Å²) in [5, 5.41) is 0. The van der Waals surface area contributed by atoms with Crippen molar-refractivity contribution >= 4 is 25.6 Å². The number of nitrogens with zero attached hydrogens (tertiary/aromatic N) is 1. The Hall–Kier alpha value is -0.330. The van der Waals surface area contributed by atoms with Gasteiger partial charge in [0.05, 0.1) is 11.9 Å². The molecule has 0 aromatic rings. The Balaban J connectivity index is 1.86. The smallest absolute Gasteiger partial charge is 0.232 e. The minimum atomic E-state index is -3.52. The minimum absolute atomic E-state index is 0.00539. The molecule has 0 bridgehead atoms. The van der Waals surface area contributed by atoms with Gasteiger partial charge in [-0.05, 0) is 12.8 Å². The van der Waals surface area contributed by atoms with E-state index >= 15 is 0 Å². The molecule has 2 rings (SSSR count). The molecule has 0 saturated carbocycles. The van der Waals surface area contributed by atoms with Gasteiger partial charge in [-0.2, -0.15) is 0 Å². The highest BCUT2D eigenvalue weighted by molar-refractivity contribution is 8.13. The van der Waals surface area contributed by atoms with Gasteiger partial charge in [-0.3, -0.25) is 4.79 Å². The van der Waals surface area contributed by atoms with Gasteiger partial charge in [0.1, 0.15) is 0 Å². The van der Waals surface area contributed by atoms with Crippen molar-refractivity contribution in [1.29, 1.82) is 0 Å². The standard InChI is InChI=1S/C10H16ClNO4S/c11-17(14,15)7-8-4-10(13)12(5-8)6-9-2-1-3-16-9/h8-9H,1-7H2. The molecular formula is C10H16ClNO4S. The summed E-state index contributed by atoms with van der Waals surface area (Å²) in [6.45, 7) is 1.81. The fourth-order valence-corrected chi connectivity index (χ4v) is 3.78. The first-order chi connectivity index (χ1) is 7.94. The van der Waals surface area contributed by atoms with Crippen molar-refractivity contribution in [3.8, 4) is 0 Å². The molecule has 2 unspecified atom stereocenters. The molecule has 98 valence electrons. The molecule has 7 heteroatoms. The number of rotatable bonds is 4. The van der Waals surface area contributed by atoms with Gasteiger partial charge in [0, 0.05) is 42.7 Å². The van der Waals surface area contributed by atoms with Crippen LogP contribution in [-0.2, 0) is 18.6 Å². The highest BCUT2D eigenvalue weighted by Crippen LogP contribution is 2.23. The molecule has 0 aliphatic carbocycles. The third-order valence-electron chi connectivity index (χ3n) is 3.18. The van der Waals surface area contributed by atoms with Crippen LogP contribution in [0.3, 0.4) is 0 Å². The molecule has 0 spiro atoms. The Morgan fingerprint density at radius 3 is 2.82 bits per heavy atom. The maximum Gasteiger partial charge on any atom is 0.232 e. The van der Waals surface area contributed by atoms with Crippen LogP contribution in [0.5, 0.6) is 0 Å². The lowest BCUT2D eigenvalue weighted by molar-refractivity contribution is -0.129. The predicted octanol–water partition coefficient (Wildman–Crippen LogP) is 0.583. The zero-order valence-electron chi connectivity index (χ0n) is 9.47. The number of carbonyl (C=O) groups is 1. The Morgan fingerprint density at radius 1 is 1.47 bits per heavy atom. The Bertz CT molecular complexity index is 391. The molecule has 17 heavy (non-hydrogen) atoms. The predicted molar refractivity (Wildman–Crippen MR) is 63.3 cm³/mol. The highest BCUT2D eigenvalue weighted by atomic mass is 35.7. The number of hydrogen-bond acceptors (Lipinski definition) is 4. The Morgan fingerprint density at radius 2 is 2.24 bits per heavy atom. The first-order valence-corrected chi connectivity index (χ1v) is 8.23. The van der Waals surface area contributed by atoms with E-state index in [0.717, 1.165) is 19.4 Å². The van der Waals surface area contributed by atoms with Gasteiger partial charge in [-0.1, -0.05) is 0 Å². The van der Waals surface area contributed by atoms with Gasteiger partial charge in [0.15, 0.2) is 0 Å². The van der Waals surface area contributed by atoms with Crippen molar-refractivity contribution in [2.24, 2.45) is 5.92 Å². The number of hydrogen-bond donors (Lipinski definition) is 0. The second-order valence-electron chi connectivity index (χ2n) is 4.71. The summed E-state index contributed by atoms with van der Waals surface area (Å²) < 4.78 is 27.4. The van der Waals surface area contributed by atoms with Crippen molar-refractivity contribution < 1.29 is 17.9 Å². The fraction of sp³-hybridized carbons (Fsp3) is 0.900. The van der Waals surface area contributed by atoms with E-state index in [0.29, 0.717) is 13.1 Å². The second-order valence-corrected chi connectivity index (χ2v) is 7.53. The van der Waals surface area contributed by atoms with Crippen LogP contribution in [-0.4, -0.2) is 50.8 Å². The molecule has 0 radical (unpaired) electrons. The summed E-state index contributed by atoms with van der Waals surface area (Å²) in [7, 11) is 1.68. The second kappa shape index (κ2) is 5.12. The van der Waals surface area contributed by atoms with Gasteiger partial charge in [-0.25, -0.2) is 8.42 Å². The van der Waals surface area contributed by atoms with Crippen molar-refractivity contribution in [2.45, 2.75) is 25.4 Å². The lowest BCUT2D eigenvalue weighted by Crippen LogP contribution is -2.33. The lowest BCUT2D eigenvalue weighted by atomic mass is 10.1. The highest BCUT2D eigenvalue weighted by Gasteiger charge is 2.34. The van der Waals surface area contributed by atoms with Gasteiger partial charge in [0.25, 0.3) is 0 Å². The van der Waals surface area contributed by atoms with Crippen molar-refractivity contribution in [1.82, 2.24) is 4.90 Å². The summed E-state index contributed by atoms with van der Waals surface area (Å²) in [5.74, 6) is -0.292. The molecule has 2 atom stereocenters. The number of amides is 1. The van der Waals surface area contributed by atoms with Gasteiger partial charge >= 0.3 is 0 Å². The molecule has 0 aromatic carbocycles. The third kappa shape index (κ3) is 3.82. The average Bonchev–Trinajstić information content (AvgIpc) is 2.75. The van der Waals surface area contributed by atoms with E-state index in [9.17, 15) is 13.2 Å². The monoisotopic (exact) mass is 281 g/mol. The number of carbonyl (C=O) groups excluding carboxylic acids is 1. The molecule has 2 aliphatic heterocycles. The summed E-state index contributed by atoms with van der Waals surface area (Å²) >= 11 is 0. The van der Waals surface area contributed by atoms with Crippen molar-refractivity contribution in [3.05, 3.63) is 0 Å². The lowest BCUT2D eigenvalue weighted by Gasteiger charge is -2.20. The van der Waals surface area contributed by atoms with Crippen LogP contribution in [0, 0.1) is 5.92 Å². The number of ether oxygens (including phenoxy) is 1. The minimum Gasteiger partial charge on any atom is -0.376 e. The molecule has 0 N–H and O–H groups in total. The summed E-state index contributed by atoms with van der Waals surface area (Å²) in [6.07, 6.45) is 2.40. The van der Waals surface area contributed by atoms with E-state index < -0.39 is 9.05 Å². The molecule has 0 aromatic heterocycles. The van der Waals surface area contributed by atoms with Crippen LogP contribution in [0.15, 0.2) is 0 Å².